The lowest BCUT2D eigenvalue weighted by Gasteiger charge is -2.15. The molecule has 0 aliphatic heterocycles. The molecule has 5 N–H and O–H groups in total. The molecule has 0 fully saturated rings. The normalized spacial score (nSPS) is 11.4. The van der Waals surface area contributed by atoms with Crippen molar-refractivity contribution in [2.75, 3.05) is 0 Å². The van der Waals surface area contributed by atoms with Crippen molar-refractivity contribution in [2.24, 2.45) is 11.5 Å². The van der Waals surface area contributed by atoms with Crippen molar-refractivity contribution in [1.29, 1.82) is 0 Å². The molecule has 0 saturated heterocycles. The molecule has 20 heavy (non-hydrogen) atoms. The summed E-state index contributed by atoms with van der Waals surface area (Å²) in [6.45, 7) is 0. The molecule has 0 aliphatic carbocycles. The monoisotopic (exact) mass is 278 g/mol. The van der Waals surface area contributed by atoms with Crippen LogP contribution in [-0.2, 0) is 14.4 Å². The average molecular weight is 278 g/mol. The number of carbonyl (C=O) groups is 4. The van der Waals surface area contributed by atoms with Gasteiger partial charge in [0, 0.05) is 18.8 Å². The van der Waals surface area contributed by atoms with Crippen LogP contribution < -0.4 is 16.8 Å². The van der Waals surface area contributed by atoms with E-state index in [1.165, 1.54) is 18.5 Å². The van der Waals surface area contributed by atoms with Crippen LogP contribution in [-0.4, -0.2) is 34.5 Å². The highest BCUT2D eigenvalue weighted by molar-refractivity contribution is 6.38. The highest BCUT2D eigenvalue weighted by atomic mass is 16.2. The van der Waals surface area contributed by atoms with Gasteiger partial charge in [-0.05, 0) is 18.6 Å². The van der Waals surface area contributed by atoms with E-state index in [4.69, 9.17) is 11.5 Å². The fourth-order valence-electron chi connectivity index (χ4n) is 1.47. The molecule has 106 valence electrons. The number of pyridine rings is 1. The molecular weight excluding hydrogens is 264 g/mol. The van der Waals surface area contributed by atoms with Gasteiger partial charge in [-0.15, -0.1) is 0 Å². The molecule has 1 unspecified atom stereocenters. The molecule has 8 nitrogen and oxygen atoms in total. The Bertz CT molecular complexity index is 530. The van der Waals surface area contributed by atoms with E-state index < -0.39 is 29.5 Å². The molecule has 1 aromatic heterocycles. The van der Waals surface area contributed by atoms with Crippen LogP contribution >= 0.6 is 0 Å². The standard InChI is InChI=1S/C12H14N4O4/c13-9(17)4-3-8(10(18)11(14)19)16-12(20)7-2-1-5-15-6-7/h1-2,5-6,8H,3-4H2,(H2,13,17)(H2,14,19)(H,16,20). The summed E-state index contributed by atoms with van der Waals surface area (Å²) in [6.07, 6.45) is 2.53. The second-order valence-electron chi connectivity index (χ2n) is 4.00. The van der Waals surface area contributed by atoms with E-state index in [2.05, 4.69) is 10.3 Å². The molecule has 0 aliphatic rings. The van der Waals surface area contributed by atoms with E-state index in [1.807, 2.05) is 0 Å². The van der Waals surface area contributed by atoms with E-state index in [1.54, 1.807) is 6.07 Å². The summed E-state index contributed by atoms with van der Waals surface area (Å²) in [5, 5.41) is 2.33. The first-order valence-electron chi connectivity index (χ1n) is 5.74. The zero-order valence-corrected chi connectivity index (χ0v) is 10.5. The zero-order valence-electron chi connectivity index (χ0n) is 10.5. The van der Waals surface area contributed by atoms with Crippen LogP contribution in [0.3, 0.4) is 0 Å². The lowest BCUT2D eigenvalue weighted by molar-refractivity contribution is -0.137. The Kier molecular flexibility index (Phi) is 5.33. The topological polar surface area (TPSA) is 145 Å². The fraction of sp³-hybridized carbons (Fsp3) is 0.250. The maximum Gasteiger partial charge on any atom is 0.287 e. The molecule has 8 heteroatoms. The largest absolute Gasteiger partial charge is 0.370 e. The maximum absolute atomic E-state index is 11.9. The molecule has 1 aromatic rings. The van der Waals surface area contributed by atoms with Crippen LogP contribution in [0.4, 0.5) is 0 Å². The number of carbonyl (C=O) groups excluding carboxylic acids is 4. The molecule has 0 bridgehead atoms. The summed E-state index contributed by atoms with van der Waals surface area (Å²) in [4.78, 5) is 48.8. The van der Waals surface area contributed by atoms with E-state index in [0.29, 0.717) is 0 Å². The van der Waals surface area contributed by atoms with Gasteiger partial charge >= 0.3 is 0 Å². The van der Waals surface area contributed by atoms with E-state index >= 15 is 0 Å². The summed E-state index contributed by atoms with van der Waals surface area (Å²) in [5.74, 6) is -3.42. The lowest BCUT2D eigenvalue weighted by atomic mass is 10.1. The predicted octanol–water partition coefficient (Wildman–Crippen LogP) is -1.50. The third-order valence-corrected chi connectivity index (χ3v) is 2.47. The third kappa shape index (κ3) is 4.48. The summed E-state index contributed by atoms with van der Waals surface area (Å²) in [5.41, 5.74) is 10.1. The molecule has 0 aromatic carbocycles. The second kappa shape index (κ2) is 6.98. The van der Waals surface area contributed by atoms with Crippen molar-refractivity contribution < 1.29 is 19.2 Å². The molecule has 0 spiro atoms. The quantitative estimate of drug-likeness (QED) is 0.519. The van der Waals surface area contributed by atoms with Crippen molar-refractivity contribution in [3.8, 4) is 0 Å². The minimum absolute atomic E-state index is 0.0941. The summed E-state index contributed by atoms with van der Waals surface area (Å²) in [7, 11) is 0. The Morgan fingerprint density at radius 1 is 1.25 bits per heavy atom. The van der Waals surface area contributed by atoms with Crippen LogP contribution in [0.5, 0.6) is 0 Å². The number of aromatic nitrogens is 1. The van der Waals surface area contributed by atoms with Crippen molar-refractivity contribution in [1.82, 2.24) is 10.3 Å². The maximum atomic E-state index is 11.9. The minimum Gasteiger partial charge on any atom is -0.370 e. The van der Waals surface area contributed by atoms with E-state index in [0.717, 1.165) is 0 Å². The van der Waals surface area contributed by atoms with E-state index in [-0.39, 0.29) is 18.4 Å². The second-order valence-corrected chi connectivity index (χ2v) is 4.00. The Morgan fingerprint density at radius 2 is 1.95 bits per heavy atom. The van der Waals surface area contributed by atoms with Gasteiger partial charge in [0.15, 0.2) is 0 Å². The minimum atomic E-state index is -1.19. The fourth-order valence-corrected chi connectivity index (χ4v) is 1.47. The number of hydrogen-bond acceptors (Lipinski definition) is 5. The highest BCUT2D eigenvalue weighted by Gasteiger charge is 2.25. The number of hydrogen-bond donors (Lipinski definition) is 3. The summed E-state index contributed by atoms with van der Waals surface area (Å²) >= 11 is 0. The van der Waals surface area contributed by atoms with Crippen LogP contribution in [0.1, 0.15) is 23.2 Å². The van der Waals surface area contributed by atoms with Crippen molar-refractivity contribution in [3.63, 3.8) is 0 Å². The lowest BCUT2D eigenvalue weighted by Crippen LogP contribution is -2.46. The van der Waals surface area contributed by atoms with Gasteiger partial charge in [-0.3, -0.25) is 24.2 Å². The molecule has 1 rings (SSSR count). The molecule has 3 amide bonds. The first-order chi connectivity index (χ1) is 9.41. The van der Waals surface area contributed by atoms with Gasteiger partial charge in [0.2, 0.25) is 11.7 Å². The van der Waals surface area contributed by atoms with Crippen molar-refractivity contribution in [3.05, 3.63) is 30.1 Å². The van der Waals surface area contributed by atoms with Gasteiger partial charge in [-0.25, -0.2) is 0 Å². The predicted molar refractivity (Wildman–Crippen MR) is 68.1 cm³/mol. The first kappa shape index (κ1) is 15.3. The smallest absolute Gasteiger partial charge is 0.287 e. The number of Topliss-reactive ketones (excluding diaryl/α,β-unsaturated/α-hetero) is 1. The van der Waals surface area contributed by atoms with Crippen LogP contribution in [0.25, 0.3) is 0 Å². The van der Waals surface area contributed by atoms with Gasteiger partial charge < -0.3 is 16.8 Å². The number of nitrogens with two attached hydrogens (primary N) is 2. The van der Waals surface area contributed by atoms with Gasteiger partial charge in [0.05, 0.1) is 11.6 Å². The molecule has 1 heterocycles. The summed E-state index contributed by atoms with van der Waals surface area (Å²) < 4.78 is 0. The van der Waals surface area contributed by atoms with Crippen LogP contribution in [0.15, 0.2) is 24.5 Å². The molecule has 1 atom stereocenters. The number of primary amides is 2. The molecular formula is C12H14N4O4. The number of nitrogens with zero attached hydrogens (tertiary/aromatic N) is 1. The van der Waals surface area contributed by atoms with Crippen molar-refractivity contribution >= 4 is 23.5 Å². The SMILES string of the molecule is NC(=O)CCC(NC(=O)c1cccnc1)C(=O)C(N)=O. The van der Waals surface area contributed by atoms with Gasteiger partial charge in [-0.1, -0.05) is 0 Å². The Labute approximate surface area is 114 Å². The summed E-state index contributed by atoms with van der Waals surface area (Å²) in [6, 6.07) is 1.85. The molecule has 0 saturated carbocycles. The number of rotatable bonds is 7. The van der Waals surface area contributed by atoms with Gasteiger partial charge in [0.25, 0.3) is 11.8 Å². The van der Waals surface area contributed by atoms with Crippen LogP contribution in [0.2, 0.25) is 0 Å². The Balaban J connectivity index is 2.78. The molecule has 0 radical (unpaired) electrons. The van der Waals surface area contributed by atoms with Gasteiger partial charge in [0.1, 0.15) is 0 Å². The van der Waals surface area contributed by atoms with Crippen LogP contribution in [0, 0.1) is 0 Å². The van der Waals surface area contributed by atoms with Gasteiger partial charge in [-0.2, -0.15) is 0 Å². The number of ketones is 1. The Hall–Kier alpha value is -2.77. The third-order valence-electron chi connectivity index (χ3n) is 2.47. The number of nitrogens with one attached hydrogen (secondary N) is 1. The van der Waals surface area contributed by atoms with E-state index in [9.17, 15) is 19.2 Å². The first-order valence-corrected chi connectivity index (χ1v) is 5.74. The zero-order chi connectivity index (χ0) is 15.1. The highest BCUT2D eigenvalue weighted by Crippen LogP contribution is 2.02. The number of amides is 3. The Morgan fingerprint density at radius 3 is 2.45 bits per heavy atom. The average Bonchev–Trinajstić information content (AvgIpc) is 2.43. The van der Waals surface area contributed by atoms with Crippen molar-refractivity contribution in [2.45, 2.75) is 18.9 Å².